The van der Waals surface area contributed by atoms with Crippen molar-refractivity contribution in [2.45, 2.75) is 4.90 Å². The zero-order valence-corrected chi connectivity index (χ0v) is 12.0. The first-order chi connectivity index (χ1) is 8.97. The van der Waals surface area contributed by atoms with Crippen LogP contribution in [0.5, 0.6) is 0 Å². The molecule has 0 unspecified atom stereocenters. The van der Waals surface area contributed by atoms with Gasteiger partial charge < -0.3 is 10.8 Å². The van der Waals surface area contributed by atoms with E-state index in [4.69, 9.17) is 23.2 Å². The highest BCUT2D eigenvalue weighted by atomic mass is 35.5. The number of anilines is 1. The lowest BCUT2D eigenvalue weighted by Crippen LogP contribution is -2.27. The molecule has 0 atom stereocenters. The third-order valence-electron chi connectivity index (χ3n) is 2.50. The first kappa shape index (κ1) is 14.8. The molecule has 2 aromatic rings. The van der Waals surface area contributed by atoms with Crippen LogP contribution in [0.4, 0.5) is 5.69 Å². The van der Waals surface area contributed by atoms with Gasteiger partial charge in [0.15, 0.2) is 0 Å². The van der Waals surface area contributed by atoms with Crippen molar-refractivity contribution in [3.05, 3.63) is 40.9 Å². The predicted octanol–water partition coefficient (Wildman–Crippen LogP) is 1.38. The third-order valence-corrected chi connectivity index (χ3v) is 4.53. The number of fused-ring (bicyclic) bond motifs is 1. The largest absolute Gasteiger partial charge is 0.412 e. The zero-order valence-electron chi connectivity index (χ0n) is 9.71. The number of benzene rings is 1. The highest BCUT2D eigenvalue weighted by Gasteiger charge is 2.26. The molecular weight excluding hydrogens is 327 g/mol. The summed E-state index contributed by atoms with van der Waals surface area (Å²) in [6.45, 7) is 0. The summed E-state index contributed by atoms with van der Waals surface area (Å²) in [7, 11) is -3.82. The van der Waals surface area contributed by atoms with Crippen molar-refractivity contribution in [1.29, 1.82) is 0 Å². The highest BCUT2D eigenvalue weighted by Crippen LogP contribution is 2.34. The second-order valence-corrected chi connectivity index (χ2v) is 6.13. The van der Waals surface area contributed by atoms with Gasteiger partial charge in [0.25, 0.3) is 10.0 Å². The van der Waals surface area contributed by atoms with Gasteiger partial charge in [-0.3, -0.25) is 4.57 Å². The van der Waals surface area contributed by atoms with Crippen LogP contribution < -0.4 is 5.32 Å². The van der Waals surface area contributed by atoms with Crippen LogP contribution in [0.1, 0.15) is 0 Å². The molecule has 0 saturated carbocycles. The third kappa shape index (κ3) is 2.38. The number of nitrogens with one attached hydrogen (secondary N) is 1. The lowest BCUT2D eigenvalue weighted by molar-refractivity contribution is 0.597. The summed E-state index contributed by atoms with van der Waals surface area (Å²) in [5.41, 5.74) is 0.327. The maximum atomic E-state index is 12.1. The van der Waals surface area contributed by atoms with Gasteiger partial charge in [-0.25, -0.2) is 4.98 Å². The standard InChI is InChI=1S/C10H6Cl2N4O2S.H2O/c11-6-3-8-9(4-7(6)12)19(17,18)15-10(14-8)16-2-1-13-5-16;/h1-5H,(H,14,15);1H2. The van der Waals surface area contributed by atoms with Crippen molar-refractivity contribution in [1.82, 2.24) is 9.55 Å². The van der Waals surface area contributed by atoms with Crippen LogP contribution in [0.15, 0.2) is 40.1 Å². The Balaban J connectivity index is 0.00000147. The molecule has 1 aliphatic rings. The smallest absolute Gasteiger partial charge is 0.287 e. The summed E-state index contributed by atoms with van der Waals surface area (Å²) >= 11 is 11.7. The highest BCUT2D eigenvalue weighted by molar-refractivity contribution is 7.90. The molecule has 0 fully saturated rings. The summed E-state index contributed by atoms with van der Waals surface area (Å²) in [5, 5.41) is 3.29. The molecule has 0 amide bonds. The number of hydrogen-bond acceptors (Lipinski definition) is 4. The minimum absolute atomic E-state index is 0. The summed E-state index contributed by atoms with van der Waals surface area (Å²) in [5.74, 6) is 0.128. The van der Waals surface area contributed by atoms with Crippen LogP contribution in [0, 0.1) is 0 Å². The second kappa shape index (κ2) is 5.06. The molecule has 0 aliphatic carbocycles. The van der Waals surface area contributed by atoms with Crippen LogP contribution in [-0.2, 0) is 10.0 Å². The number of nitrogens with zero attached hydrogens (tertiary/aromatic N) is 3. The van der Waals surface area contributed by atoms with Gasteiger partial charge in [0.2, 0.25) is 5.96 Å². The fourth-order valence-corrected chi connectivity index (χ4v) is 3.15. The minimum Gasteiger partial charge on any atom is -0.412 e. The molecule has 0 bridgehead atoms. The van der Waals surface area contributed by atoms with Gasteiger partial charge >= 0.3 is 0 Å². The number of halogens is 2. The summed E-state index contributed by atoms with van der Waals surface area (Å²) in [6, 6.07) is 2.72. The van der Waals surface area contributed by atoms with E-state index in [9.17, 15) is 8.42 Å². The summed E-state index contributed by atoms with van der Waals surface area (Å²) in [6.07, 6.45) is 4.52. The van der Waals surface area contributed by atoms with Crippen LogP contribution in [-0.4, -0.2) is 29.4 Å². The first-order valence-corrected chi connectivity index (χ1v) is 7.26. The van der Waals surface area contributed by atoms with Crippen molar-refractivity contribution < 1.29 is 13.9 Å². The van der Waals surface area contributed by atoms with Crippen molar-refractivity contribution in [2.24, 2.45) is 4.40 Å². The fraction of sp³-hybridized carbons (Fsp3) is 0. The van der Waals surface area contributed by atoms with E-state index < -0.39 is 10.0 Å². The zero-order chi connectivity index (χ0) is 13.6. The normalized spacial score (nSPS) is 15.6. The van der Waals surface area contributed by atoms with E-state index in [-0.39, 0.29) is 26.4 Å². The molecule has 20 heavy (non-hydrogen) atoms. The minimum atomic E-state index is -3.82. The maximum absolute atomic E-state index is 12.1. The molecular formula is C10H8Cl2N4O3S. The van der Waals surface area contributed by atoms with E-state index in [0.29, 0.717) is 5.69 Å². The number of imidazole rings is 1. The van der Waals surface area contributed by atoms with Crippen molar-refractivity contribution in [2.75, 3.05) is 5.32 Å². The first-order valence-electron chi connectivity index (χ1n) is 5.07. The van der Waals surface area contributed by atoms with Crippen LogP contribution in [0.25, 0.3) is 0 Å². The van der Waals surface area contributed by atoms with Crippen LogP contribution in [0.3, 0.4) is 0 Å². The van der Waals surface area contributed by atoms with Crippen LogP contribution in [0.2, 0.25) is 10.0 Å². The lowest BCUT2D eigenvalue weighted by atomic mass is 10.3. The van der Waals surface area contributed by atoms with Crippen molar-refractivity contribution in [3.8, 4) is 0 Å². The Hall–Kier alpha value is -1.61. The topological polar surface area (TPSA) is 108 Å². The Kier molecular flexibility index (Phi) is 3.74. The molecule has 0 spiro atoms. The summed E-state index contributed by atoms with van der Waals surface area (Å²) in [4.78, 5) is 3.82. The molecule has 0 saturated heterocycles. The second-order valence-electron chi connectivity index (χ2n) is 3.75. The Morgan fingerprint density at radius 3 is 2.55 bits per heavy atom. The molecule has 1 aromatic carbocycles. The average molecular weight is 335 g/mol. The van der Waals surface area contributed by atoms with E-state index in [1.54, 1.807) is 6.20 Å². The Bertz CT molecular complexity index is 787. The van der Waals surface area contributed by atoms with E-state index in [1.165, 1.54) is 29.2 Å². The molecule has 1 aromatic heterocycles. The molecule has 3 rings (SSSR count). The lowest BCUT2D eigenvalue weighted by Gasteiger charge is -2.18. The van der Waals surface area contributed by atoms with Gasteiger partial charge in [-0.05, 0) is 12.1 Å². The van der Waals surface area contributed by atoms with Gasteiger partial charge in [-0.1, -0.05) is 23.2 Å². The Morgan fingerprint density at radius 2 is 1.90 bits per heavy atom. The van der Waals surface area contributed by atoms with Crippen molar-refractivity contribution in [3.63, 3.8) is 0 Å². The predicted molar refractivity (Wildman–Crippen MR) is 75.9 cm³/mol. The molecule has 10 heteroatoms. The molecule has 1 aliphatic heterocycles. The van der Waals surface area contributed by atoms with E-state index in [1.807, 2.05) is 0 Å². The fourth-order valence-electron chi connectivity index (χ4n) is 1.64. The van der Waals surface area contributed by atoms with Crippen LogP contribution >= 0.6 is 23.2 Å². The van der Waals surface area contributed by atoms with E-state index in [2.05, 4.69) is 14.7 Å². The molecule has 2 heterocycles. The molecule has 7 nitrogen and oxygen atoms in total. The number of hydrogen-bond donors (Lipinski definition) is 1. The average Bonchev–Trinajstić information content (AvgIpc) is 2.84. The van der Waals surface area contributed by atoms with Gasteiger partial charge in [-0.2, -0.15) is 8.42 Å². The van der Waals surface area contributed by atoms with Gasteiger partial charge in [-0.15, -0.1) is 4.40 Å². The number of aromatic nitrogens is 2. The van der Waals surface area contributed by atoms with Gasteiger partial charge in [0, 0.05) is 12.4 Å². The number of rotatable bonds is 0. The SMILES string of the molecule is O.O=S1(=O)N=C(n2ccnc2)Nc2cc(Cl)c(Cl)cc21. The monoisotopic (exact) mass is 334 g/mol. The quantitative estimate of drug-likeness (QED) is 0.784. The van der Waals surface area contributed by atoms with Gasteiger partial charge in [0.05, 0.1) is 15.7 Å². The maximum Gasteiger partial charge on any atom is 0.287 e. The van der Waals surface area contributed by atoms with E-state index in [0.717, 1.165) is 0 Å². The molecule has 106 valence electrons. The Labute approximate surface area is 124 Å². The van der Waals surface area contributed by atoms with E-state index >= 15 is 0 Å². The molecule has 3 N–H and O–H groups in total. The summed E-state index contributed by atoms with van der Waals surface area (Å²) < 4.78 is 29.3. The number of sulfonamides is 1. The van der Waals surface area contributed by atoms with Gasteiger partial charge in [0.1, 0.15) is 11.2 Å². The Morgan fingerprint density at radius 1 is 1.20 bits per heavy atom. The molecule has 0 radical (unpaired) electrons. The van der Waals surface area contributed by atoms with Crippen molar-refractivity contribution >= 4 is 44.9 Å².